The number of carbonyl (C=O) groups excluding carboxylic acids is 1. The number of rotatable bonds is 2. The number of phenols is 1. The van der Waals surface area contributed by atoms with E-state index in [-0.39, 0.29) is 42.5 Å². The minimum atomic E-state index is 0. The minimum absolute atomic E-state index is 0. The van der Waals surface area contributed by atoms with Gasteiger partial charge in [0.15, 0.2) is 0 Å². The molecule has 0 spiro atoms. The van der Waals surface area contributed by atoms with Gasteiger partial charge in [0.1, 0.15) is 5.75 Å². The molecule has 2 N–H and O–H groups in total. The van der Waals surface area contributed by atoms with Gasteiger partial charge in [-0.25, -0.2) is 0 Å². The molecule has 1 aromatic carbocycles. The Morgan fingerprint density at radius 3 is 2.27 bits per heavy atom. The summed E-state index contributed by atoms with van der Waals surface area (Å²) in [6.07, 6.45) is 2.07. The minimum Gasteiger partial charge on any atom is -0.508 e. The Labute approximate surface area is 143 Å². The highest BCUT2D eigenvalue weighted by molar-refractivity contribution is 5.85. The van der Waals surface area contributed by atoms with Crippen LogP contribution in [0.1, 0.15) is 12.8 Å². The first-order valence-electron chi connectivity index (χ1n) is 7.30. The average Bonchev–Trinajstić information content (AvgIpc) is 3.02. The van der Waals surface area contributed by atoms with Crippen LogP contribution in [-0.4, -0.2) is 54.7 Å². The standard InChI is InChI=1S/C15H21N3O2.2ClH/c19-13-5-3-12(4-6-13)17-8-10-18(11-9-17)15(20)14-2-1-7-16-14;;/h3-6,14,16,19H,1-2,7-11H2;2*1H. The van der Waals surface area contributed by atoms with Crippen LogP contribution in [0.3, 0.4) is 0 Å². The monoisotopic (exact) mass is 347 g/mol. The molecule has 2 aliphatic heterocycles. The van der Waals surface area contributed by atoms with Crippen molar-refractivity contribution in [1.82, 2.24) is 10.2 Å². The van der Waals surface area contributed by atoms with Crippen LogP contribution in [0.4, 0.5) is 5.69 Å². The van der Waals surface area contributed by atoms with Gasteiger partial charge >= 0.3 is 0 Å². The third-order valence-corrected chi connectivity index (χ3v) is 4.16. The largest absolute Gasteiger partial charge is 0.508 e. The molecule has 0 saturated carbocycles. The van der Waals surface area contributed by atoms with E-state index in [1.54, 1.807) is 12.1 Å². The van der Waals surface area contributed by atoms with Gasteiger partial charge in [-0.15, -0.1) is 24.8 Å². The summed E-state index contributed by atoms with van der Waals surface area (Å²) >= 11 is 0. The summed E-state index contributed by atoms with van der Waals surface area (Å²) in [6.45, 7) is 4.21. The highest BCUT2D eigenvalue weighted by atomic mass is 35.5. The average molecular weight is 348 g/mol. The molecule has 0 bridgehead atoms. The molecule has 7 heteroatoms. The van der Waals surface area contributed by atoms with Crippen LogP contribution in [0, 0.1) is 0 Å². The lowest BCUT2D eigenvalue weighted by atomic mass is 10.1. The SMILES string of the molecule is Cl.Cl.O=C(C1CCCN1)N1CCN(c2ccc(O)cc2)CC1. The van der Waals surface area contributed by atoms with Gasteiger partial charge in [-0.1, -0.05) is 0 Å². The number of piperazine rings is 1. The van der Waals surface area contributed by atoms with Crippen LogP contribution < -0.4 is 10.2 Å². The van der Waals surface area contributed by atoms with Crippen LogP contribution in [0.15, 0.2) is 24.3 Å². The fraction of sp³-hybridized carbons (Fsp3) is 0.533. The Hall–Kier alpha value is -1.17. The summed E-state index contributed by atoms with van der Waals surface area (Å²) in [6, 6.07) is 7.29. The number of benzene rings is 1. The van der Waals surface area contributed by atoms with E-state index in [1.807, 2.05) is 17.0 Å². The van der Waals surface area contributed by atoms with Gasteiger partial charge in [0, 0.05) is 31.9 Å². The van der Waals surface area contributed by atoms with Crippen LogP contribution >= 0.6 is 24.8 Å². The number of carbonyl (C=O) groups is 1. The number of halogens is 2. The zero-order chi connectivity index (χ0) is 13.9. The Morgan fingerprint density at radius 1 is 1.09 bits per heavy atom. The molecule has 2 saturated heterocycles. The number of aromatic hydroxyl groups is 1. The number of phenolic OH excluding ortho intramolecular Hbond substituents is 1. The molecule has 2 heterocycles. The number of anilines is 1. The number of hydrogen-bond acceptors (Lipinski definition) is 4. The first kappa shape index (κ1) is 18.9. The number of hydrogen-bond donors (Lipinski definition) is 2. The van der Waals surface area contributed by atoms with Crippen molar-refractivity contribution in [2.24, 2.45) is 0 Å². The Kier molecular flexibility index (Phi) is 7.26. The lowest BCUT2D eigenvalue weighted by Crippen LogP contribution is -2.53. The lowest BCUT2D eigenvalue weighted by Gasteiger charge is -2.37. The van der Waals surface area contributed by atoms with E-state index < -0.39 is 0 Å². The van der Waals surface area contributed by atoms with E-state index in [9.17, 15) is 9.90 Å². The molecule has 2 aliphatic rings. The van der Waals surface area contributed by atoms with Crippen molar-refractivity contribution in [1.29, 1.82) is 0 Å². The van der Waals surface area contributed by atoms with Crippen LogP contribution in [0.25, 0.3) is 0 Å². The maximum atomic E-state index is 12.3. The topological polar surface area (TPSA) is 55.8 Å². The van der Waals surface area contributed by atoms with E-state index in [1.165, 1.54) is 0 Å². The fourth-order valence-electron chi connectivity index (χ4n) is 2.96. The van der Waals surface area contributed by atoms with Gasteiger partial charge in [0.05, 0.1) is 6.04 Å². The van der Waals surface area contributed by atoms with Crippen molar-refractivity contribution in [2.75, 3.05) is 37.6 Å². The van der Waals surface area contributed by atoms with E-state index in [2.05, 4.69) is 10.2 Å². The van der Waals surface area contributed by atoms with E-state index >= 15 is 0 Å². The van der Waals surface area contributed by atoms with Crippen molar-refractivity contribution in [3.63, 3.8) is 0 Å². The summed E-state index contributed by atoms with van der Waals surface area (Å²) in [4.78, 5) is 16.5. The van der Waals surface area contributed by atoms with Gasteiger partial charge in [0.2, 0.25) is 5.91 Å². The molecule has 1 aromatic rings. The highest BCUT2D eigenvalue weighted by Crippen LogP contribution is 2.20. The van der Waals surface area contributed by atoms with Crippen molar-refractivity contribution < 1.29 is 9.90 Å². The van der Waals surface area contributed by atoms with Crippen molar-refractivity contribution in [2.45, 2.75) is 18.9 Å². The summed E-state index contributed by atoms with van der Waals surface area (Å²) in [5.41, 5.74) is 1.11. The molecule has 1 amide bonds. The van der Waals surface area contributed by atoms with Gasteiger partial charge in [-0.2, -0.15) is 0 Å². The van der Waals surface area contributed by atoms with E-state index in [0.29, 0.717) is 0 Å². The molecule has 22 heavy (non-hydrogen) atoms. The Balaban J connectivity index is 0.00000121. The second-order valence-electron chi connectivity index (χ2n) is 5.48. The molecule has 0 aromatic heterocycles. The number of nitrogens with one attached hydrogen (secondary N) is 1. The predicted octanol–water partition coefficient (Wildman–Crippen LogP) is 1.64. The second-order valence-corrected chi connectivity index (χ2v) is 5.48. The number of nitrogens with zero attached hydrogens (tertiary/aromatic N) is 2. The van der Waals surface area contributed by atoms with E-state index in [4.69, 9.17) is 0 Å². The van der Waals surface area contributed by atoms with Crippen molar-refractivity contribution in [3.05, 3.63) is 24.3 Å². The normalized spacial score (nSPS) is 21.0. The van der Waals surface area contributed by atoms with Crippen LogP contribution in [0.2, 0.25) is 0 Å². The van der Waals surface area contributed by atoms with Crippen LogP contribution in [-0.2, 0) is 4.79 Å². The number of amides is 1. The van der Waals surface area contributed by atoms with Gasteiger partial charge in [-0.3, -0.25) is 4.79 Å². The van der Waals surface area contributed by atoms with Crippen molar-refractivity contribution >= 4 is 36.4 Å². The van der Waals surface area contributed by atoms with Gasteiger partial charge < -0.3 is 20.2 Å². The summed E-state index contributed by atoms with van der Waals surface area (Å²) < 4.78 is 0. The second kappa shape index (κ2) is 8.46. The van der Waals surface area contributed by atoms with Gasteiger partial charge in [-0.05, 0) is 43.7 Å². The van der Waals surface area contributed by atoms with Crippen molar-refractivity contribution in [3.8, 4) is 5.75 Å². The van der Waals surface area contributed by atoms with Crippen LogP contribution in [0.5, 0.6) is 5.75 Å². The molecule has 1 unspecified atom stereocenters. The molecule has 0 radical (unpaired) electrons. The molecule has 3 rings (SSSR count). The third kappa shape index (κ3) is 4.18. The Bertz CT molecular complexity index is 470. The van der Waals surface area contributed by atoms with E-state index in [0.717, 1.165) is 51.3 Å². The molecule has 2 fully saturated rings. The predicted molar refractivity (Wildman–Crippen MR) is 92.4 cm³/mol. The molecular formula is C15H23Cl2N3O2. The summed E-state index contributed by atoms with van der Waals surface area (Å²) in [5.74, 6) is 0.544. The molecule has 1 atom stereocenters. The molecular weight excluding hydrogens is 325 g/mol. The molecule has 5 nitrogen and oxygen atoms in total. The fourth-order valence-corrected chi connectivity index (χ4v) is 2.96. The smallest absolute Gasteiger partial charge is 0.239 e. The third-order valence-electron chi connectivity index (χ3n) is 4.16. The zero-order valence-corrected chi connectivity index (χ0v) is 14.0. The molecule has 124 valence electrons. The maximum Gasteiger partial charge on any atom is 0.239 e. The quantitative estimate of drug-likeness (QED) is 0.853. The Morgan fingerprint density at radius 2 is 1.73 bits per heavy atom. The van der Waals surface area contributed by atoms with Gasteiger partial charge in [0.25, 0.3) is 0 Å². The highest BCUT2D eigenvalue weighted by Gasteiger charge is 2.29. The first-order chi connectivity index (χ1) is 9.74. The zero-order valence-electron chi connectivity index (χ0n) is 12.4. The molecule has 0 aliphatic carbocycles. The first-order valence-corrected chi connectivity index (χ1v) is 7.30. The lowest BCUT2D eigenvalue weighted by molar-refractivity contribution is -0.133. The summed E-state index contributed by atoms with van der Waals surface area (Å²) in [5, 5.41) is 12.6. The summed E-state index contributed by atoms with van der Waals surface area (Å²) in [7, 11) is 0. The maximum absolute atomic E-state index is 12.3.